The molecule has 4 nitrogen and oxygen atoms in total. The lowest BCUT2D eigenvalue weighted by molar-refractivity contribution is 0.0699. The summed E-state index contributed by atoms with van der Waals surface area (Å²) < 4.78 is 0. The minimum Gasteiger partial charge on any atom is -0.477 e. The Labute approximate surface area is 130 Å². The van der Waals surface area contributed by atoms with E-state index in [1.807, 2.05) is 20.8 Å². The van der Waals surface area contributed by atoms with Gasteiger partial charge in [0.1, 0.15) is 4.88 Å². The summed E-state index contributed by atoms with van der Waals surface area (Å²) >= 11 is 1.36. The largest absolute Gasteiger partial charge is 0.477 e. The lowest BCUT2D eigenvalue weighted by Crippen LogP contribution is -2.28. The van der Waals surface area contributed by atoms with Gasteiger partial charge in [-0.25, -0.2) is 9.78 Å². The Kier molecular flexibility index (Phi) is 3.72. The molecule has 1 aromatic rings. The van der Waals surface area contributed by atoms with E-state index < -0.39 is 5.97 Å². The number of aromatic nitrogens is 1. The van der Waals surface area contributed by atoms with Gasteiger partial charge in [-0.05, 0) is 37.5 Å². The Hall–Kier alpha value is -1.10. The fraction of sp³-hybridized carbons (Fsp3) is 0.750. The van der Waals surface area contributed by atoms with Crippen molar-refractivity contribution in [1.82, 2.24) is 4.98 Å². The Morgan fingerprint density at radius 1 is 1.24 bits per heavy atom. The Morgan fingerprint density at radius 2 is 1.76 bits per heavy atom. The van der Waals surface area contributed by atoms with Crippen LogP contribution in [0.1, 0.15) is 61.8 Å². The summed E-state index contributed by atoms with van der Waals surface area (Å²) in [6.45, 7) is 8.19. The van der Waals surface area contributed by atoms with Gasteiger partial charge in [0, 0.05) is 18.5 Å². The van der Waals surface area contributed by atoms with Crippen LogP contribution >= 0.6 is 11.3 Å². The number of anilines is 1. The van der Waals surface area contributed by atoms with Gasteiger partial charge in [-0.1, -0.05) is 32.1 Å². The predicted octanol–water partition coefficient (Wildman–Crippen LogP) is 3.77. The van der Waals surface area contributed by atoms with Gasteiger partial charge in [0.05, 0.1) is 5.69 Å². The van der Waals surface area contributed by atoms with Gasteiger partial charge in [-0.15, -0.1) is 0 Å². The third kappa shape index (κ3) is 3.57. The van der Waals surface area contributed by atoms with E-state index in [0.29, 0.717) is 4.88 Å². The van der Waals surface area contributed by atoms with E-state index in [2.05, 4.69) is 4.90 Å². The van der Waals surface area contributed by atoms with E-state index in [0.717, 1.165) is 35.8 Å². The number of carboxylic acids is 1. The second-order valence-corrected chi connectivity index (χ2v) is 8.50. The number of carboxylic acid groups (broad SMARTS) is 1. The van der Waals surface area contributed by atoms with Crippen molar-refractivity contribution >= 4 is 22.4 Å². The number of aromatic carboxylic acids is 1. The zero-order valence-corrected chi connectivity index (χ0v) is 13.9. The summed E-state index contributed by atoms with van der Waals surface area (Å²) in [7, 11) is 0. The maximum absolute atomic E-state index is 11.5. The average molecular weight is 308 g/mol. The molecule has 0 spiro atoms. The molecule has 0 aromatic carbocycles. The number of hydrogen-bond acceptors (Lipinski definition) is 4. The molecule has 2 fully saturated rings. The first-order valence-electron chi connectivity index (χ1n) is 7.84. The molecular weight excluding hydrogens is 284 g/mol. The van der Waals surface area contributed by atoms with Crippen molar-refractivity contribution in [3.8, 4) is 0 Å². The molecule has 3 rings (SSSR count). The minimum absolute atomic E-state index is 0.229. The number of hydrogen-bond donors (Lipinski definition) is 1. The van der Waals surface area contributed by atoms with Crippen molar-refractivity contribution in [3.63, 3.8) is 0 Å². The number of thiazole rings is 1. The first kappa shape index (κ1) is 14.8. The van der Waals surface area contributed by atoms with Crippen molar-refractivity contribution in [3.05, 3.63) is 10.6 Å². The Balaban J connectivity index is 1.88. The monoisotopic (exact) mass is 308 g/mol. The molecule has 2 aliphatic carbocycles. The lowest BCUT2D eigenvalue weighted by Gasteiger charge is -2.22. The Morgan fingerprint density at radius 3 is 2.10 bits per heavy atom. The Bertz CT molecular complexity index is 525. The van der Waals surface area contributed by atoms with Crippen molar-refractivity contribution in [2.24, 2.45) is 11.8 Å². The highest BCUT2D eigenvalue weighted by Gasteiger charge is 2.33. The van der Waals surface area contributed by atoms with Crippen LogP contribution in [-0.2, 0) is 5.41 Å². The molecule has 5 heteroatoms. The smallest absolute Gasteiger partial charge is 0.347 e. The van der Waals surface area contributed by atoms with E-state index in [4.69, 9.17) is 4.98 Å². The molecule has 2 aliphatic rings. The summed E-state index contributed by atoms with van der Waals surface area (Å²) in [5, 5.41) is 10.4. The van der Waals surface area contributed by atoms with E-state index in [9.17, 15) is 9.90 Å². The fourth-order valence-electron chi connectivity index (χ4n) is 2.55. The van der Waals surface area contributed by atoms with Crippen LogP contribution in [0.5, 0.6) is 0 Å². The van der Waals surface area contributed by atoms with Crippen LogP contribution in [0, 0.1) is 11.8 Å². The van der Waals surface area contributed by atoms with Crippen molar-refractivity contribution < 1.29 is 9.90 Å². The molecular formula is C16H24N2O2S. The first-order valence-corrected chi connectivity index (χ1v) is 8.66. The zero-order chi connectivity index (χ0) is 15.2. The molecule has 0 saturated heterocycles. The summed E-state index contributed by atoms with van der Waals surface area (Å²) in [5.41, 5.74) is 0.499. The van der Waals surface area contributed by atoms with Gasteiger partial charge in [0.2, 0.25) is 0 Å². The first-order chi connectivity index (χ1) is 9.84. The highest BCUT2D eigenvalue weighted by Crippen LogP contribution is 2.39. The minimum atomic E-state index is -0.846. The van der Waals surface area contributed by atoms with Crippen LogP contribution in [0.4, 0.5) is 5.13 Å². The molecule has 2 saturated carbocycles. The van der Waals surface area contributed by atoms with Gasteiger partial charge in [-0.2, -0.15) is 0 Å². The topological polar surface area (TPSA) is 53.4 Å². The molecule has 0 atom stereocenters. The van der Waals surface area contributed by atoms with Crippen molar-refractivity contribution in [2.45, 2.75) is 51.9 Å². The van der Waals surface area contributed by atoms with Crippen LogP contribution in [0.3, 0.4) is 0 Å². The number of rotatable bonds is 6. The second-order valence-electron chi connectivity index (χ2n) is 7.52. The third-order valence-corrected chi connectivity index (χ3v) is 5.25. The van der Waals surface area contributed by atoms with Crippen molar-refractivity contribution in [1.29, 1.82) is 0 Å². The van der Waals surface area contributed by atoms with E-state index in [-0.39, 0.29) is 5.41 Å². The number of nitrogens with zero attached hydrogens (tertiary/aromatic N) is 2. The molecule has 116 valence electrons. The molecule has 0 bridgehead atoms. The van der Waals surface area contributed by atoms with Gasteiger partial charge >= 0.3 is 5.97 Å². The van der Waals surface area contributed by atoms with E-state index in [1.54, 1.807) is 0 Å². The molecule has 1 N–H and O–H groups in total. The predicted molar refractivity (Wildman–Crippen MR) is 85.4 cm³/mol. The standard InChI is InChI=1S/C16H24N2O2S/c1-16(2,3)13-12(14(19)20)21-15(17-13)18(8-10-4-5-10)9-11-6-7-11/h10-11H,4-9H2,1-3H3,(H,19,20). The van der Waals surface area contributed by atoms with Crippen LogP contribution < -0.4 is 4.90 Å². The SMILES string of the molecule is CC(C)(C)c1nc(N(CC2CC2)CC2CC2)sc1C(=O)O. The molecule has 21 heavy (non-hydrogen) atoms. The van der Waals surface area contributed by atoms with E-state index >= 15 is 0 Å². The maximum Gasteiger partial charge on any atom is 0.347 e. The van der Waals surface area contributed by atoms with Crippen molar-refractivity contribution in [2.75, 3.05) is 18.0 Å². The summed E-state index contributed by atoms with van der Waals surface area (Å²) in [5.74, 6) is 0.736. The van der Waals surface area contributed by atoms with Crippen LogP contribution in [0.2, 0.25) is 0 Å². The van der Waals surface area contributed by atoms with Crippen LogP contribution in [-0.4, -0.2) is 29.1 Å². The van der Waals surface area contributed by atoms with Gasteiger partial charge in [0.25, 0.3) is 0 Å². The second kappa shape index (κ2) is 5.27. The van der Waals surface area contributed by atoms with Gasteiger partial charge < -0.3 is 10.0 Å². The zero-order valence-electron chi connectivity index (χ0n) is 13.1. The van der Waals surface area contributed by atoms with Gasteiger partial charge in [-0.3, -0.25) is 0 Å². The summed E-state index contributed by atoms with van der Waals surface area (Å²) in [6.07, 6.45) is 5.24. The highest BCUT2D eigenvalue weighted by molar-refractivity contribution is 7.17. The lowest BCUT2D eigenvalue weighted by atomic mass is 9.91. The van der Waals surface area contributed by atoms with E-state index in [1.165, 1.54) is 37.0 Å². The third-order valence-electron chi connectivity index (χ3n) is 4.14. The van der Waals surface area contributed by atoms with Crippen LogP contribution in [0.15, 0.2) is 0 Å². The average Bonchev–Trinajstić information content (AvgIpc) is 3.29. The molecule has 0 amide bonds. The summed E-state index contributed by atoms with van der Waals surface area (Å²) in [4.78, 5) is 19.0. The van der Waals surface area contributed by atoms with Gasteiger partial charge in [0.15, 0.2) is 5.13 Å². The quantitative estimate of drug-likeness (QED) is 0.869. The molecule has 0 unspecified atom stereocenters. The molecule has 1 heterocycles. The summed E-state index contributed by atoms with van der Waals surface area (Å²) in [6, 6.07) is 0. The normalized spacial score (nSPS) is 18.8. The van der Waals surface area contributed by atoms with Crippen LogP contribution in [0.25, 0.3) is 0 Å². The fourth-order valence-corrected chi connectivity index (χ4v) is 3.69. The maximum atomic E-state index is 11.5. The molecule has 0 aliphatic heterocycles. The molecule has 0 radical (unpaired) electrons. The highest BCUT2D eigenvalue weighted by atomic mass is 32.1. The number of carbonyl (C=O) groups is 1. The molecule has 1 aromatic heterocycles.